The lowest BCUT2D eigenvalue weighted by Crippen LogP contribution is -2.39. The topological polar surface area (TPSA) is 49.4 Å². The van der Waals surface area contributed by atoms with Crippen LogP contribution in [0.2, 0.25) is 0 Å². The fourth-order valence-electron chi connectivity index (χ4n) is 1.90. The highest BCUT2D eigenvalue weighted by Crippen LogP contribution is 2.15. The summed E-state index contributed by atoms with van der Waals surface area (Å²) in [5.74, 6) is 2.03. The van der Waals surface area contributed by atoms with Crippen molar-refractivity contribution in [2.75, 3.05) is 26.7 Å². The highest BCUT2D eigenvalue weighted by atomic mass is 16.1. The SMILES string of the molecule is C=O.CC(C)C.CC(C)CCNC(=O)C1CCN(C)CC1. The molecule has 0 radical (unpaired) electrons. The van der Waals surface area contributed by atoms with Crippen molar-refractivity contribution in [3.63, 3.8) is 0 Å². The third-order valence-corrected chi connectivity index (χ3v) is 3.11. The van der Waals surface area contributed by atoms with Crippen molar-refractivity contribution in [2.45, 2.75) is 53.9 Å². The number of hydrogen-bond donors (Lipinski definition) is 1. The quantitative estimate of drug-likeness (QED) is 0.868. The van der Waals surface area contributed by atoms with Gasteiger partial charge in [0.15, 0.2) is 0 Å². The molecule has 0 bridgehead atoms. The summed E-state index contributed by atoms with van der Waals surface area (Å²) in [4.78, 5) is 22.0. The van der Waals surface area contributed by atoms with Gasteiger partial charge in [0.1, 0.15) is 6.79 Å². The molecule has 0 saturated carbocycles. The molecule has 1 N–H and O–H groups in total. The van der Waals surface area contributed by atoms with Crippen LogP contribution in [-0.4, -0.2) is 44.3 Å². The molecule has 1 rings (SSSR count). The van der Waals surface area contributed by atoms with Gasteiger partial charge in [-0.25, -0.2) is 0 Å². The van der Waals surface area contributed by atoms with Crippen molar-refractivity contribution in [1.82, 2.24) is 10.2 Å². The molecule has 0 aromatic rings. The predicted octanol–water partition coefficient (Wildman–Crippen LogP) is 2.97. The first-order chi connectivity index (χ1) is 9.82. The van der Waals surface area contributed by atoms with E-state index in [1.807, 2.05) is 6.79 Å². The van der Waals surface area contributed by atoms with Crippen molar-refractivity contribution >= 4 is 12.7 Å². The summed E-state index contributed by atoms with van der Waals surface area (Å²) >= 11 is 0. The molecule has 0 atom stereocenters. The van der Waals surface area contributed by atoms with Crippen LogP contribution in [0.1, 0.15) is 53.9 Å². The molecular formula is C17H36N2O2. The largest absolute Gasteiger partial charge is 0.356 e. The zero-order valence-electron chi connectivity index (χ0n) is 14.9. The first-order valence-corrected chi connectivity index (χ1v) is 8.08. The summed E-state index contributed by atoms with van der Waals surface area (Å²) in [6.07, 6.45) is 3.12. The average Bonchev–Trinajstić information content (AvgIpc) is 2.40. The summed E-state index contributed by atoms with van der Waals surface area (Å²) in [6.45, 7) is 15.8. The van der Waals surface area contributed by atoms with E-state index in [0.717, 1.165) is 44.8 Å². The monoisotopic (exact) mass is 300 g/mol. The Morgan fingerprint density at radius 1 is 1.14 bits per heavy atom. The molecule has 0 unspecified atom stereocenters. The highest BCUT2D eigenvalue weighted by Gasteiger charge is 2.22. The molecular weight excluding hydrogens is 264 g/mol. The second kappa shape index (κ2) is 14.1. The second-order valence-corrected chi connectivity index (χ2v) is 6.78. The van der Waals surface area contributed by atoms with Crippen LogP contribution in [0.15, 0.2) is 0 Å². The summed E-state index contributed by atoms with van der Waals surface area (Å²) in [5.41, 5.74) is 0. The number of piperidine rings is 1. The summed E-state index contributed by atoms with van der Waals surface area (Å²) in [6, 6.07) is 0. The Labute approximate surface area is 131 Å². The second-order valence-electron chi connectivity index (χ2n) is 6.78. The number of nitrogens with one attached hydrogen (secondary N) is 1. The minimum absolute atomic E-state index is 0.258. The maximum Gasteiger partial charge on any atom is 0.223 e. The van der Waals surface area contributed by atoms with Crippen molar-refractivity contribution < 1.29 is 9.59 Å². The average molecular weight is 300 g/mol. The number of carbonyl (C=O) groups excluding carboxylic acids is 2. The fraction of sp³-hybridized carbons (Fsp3) is 0.882. The number of amides is 1. The van der Waals surface area contributed by atoms with Gasteiger partial charge in [-0.15, -0.1) is 0 Å². The molecule has 0 aromatic carbocycles. The van der Waals surface area contributed by atoms with Crippen LogP contribution in [0.3, 0.4) is 0 Å². The first-order valence-electron chi connectivity index (χ1n) is 8.08. The van der Waals surface area contributed by atoms with E-state index in [0.29, 0.717) is 5.92 Å². The molecule has 0 aromatic heterocycles. The molecule has 0 aliphatic carbocycles. The number of likely N-dealkylation sites (tertiary alicyclic amines) is 1. The van der Waals surface area contributed by atoms with E-state index < -0.39 is 0 Å². The Balaban J connectivity index is 0. The van der Waals surface area contributed by atoms with E-state index >= 15 is 0 Å². The predicted molar refractivity (Wildman–Crippen MR) is 90.3 cm³/mol. The number of nitrogens with zero attached hydrogens (tertiary/aromatic N) is 1. The Bertz CT molecular complexity index is 244. The maximum atomic E-state index is 11.8. The van der Waals surface area contributed by atoms with Gasteiger partial charge >= 0.3 is 0 Å². The molecule has 1 fully saturated rings. The minimum atomic E-state index is 0.258. The molecule has 1 aliphatic heterocycles. The van der Waals surface area contributed by atoms with E-state index in [9.17, 15) is 4.79 Å². The van der Waals surface area contributed by atoms with Crippen LogP contribution < -0.4 is 5.32 Å². The maximum absolute atomic E-state index is 11.8. The Morgan fingerprint density at radius 2 is 1.57 bits per heavy atom. The van der Waals surface area contributed by atoms with Crippen LogP contribution in [-0.2, 0) is 9.59 Å². The van der Waals surface area contributed by atoms with Gasteiger partial charge in [0.2, 0.25) is 5.91 Å². The lowest BCUT2D eigenvalue weighted by atomic mass is 9.96. The van der Waals surface area contributed by atoms with Gasteiger partial charge in [0.25, 0.3) is 0 Å². The zero-order chi connectivity index (χ0) is 16.8. The van der Waals surface area contributed by atoms with Gasteiger partial charge < -0.3 is 15.0 Å². The van der Waals surface area contributed by atoms with Crippen LogP contribution in [0.4, 0.5) is 0 Å². The Kier molecular flexibility index (Phi) is 15.0. The van der Waals surface area contributed by atoms with Crippen molar-refractivity contribution in [1.29, 1.82) is 0 Å². The molecule has 1 aliphatic rings. The lowest BCUT2D eigenvalue weighted by Gasteiger charge is -2.28. The molecule has 4 nitrogen and oxygen atoms in total. The van der Waals surface area contributed by atoms with Crippen LogP contribution in [0.25, 0.3) is 0 Å². The van der Waals surface area contributed by atoms with Gasteiger partial charge in [-0.05, 0) is 51.2 Å². The summed E-state index contributed by atoms with van der Waals surface area (Å²) in [5, 5.41) is 3.04. The standard InChI is InChI=1S/C12H24N2O.C4H10.CH2O/c1-10(2)4-7-13-12(15)11-5-8-14(3)9-6-11;1-4(2)3;1-2/h10-11H,4-9H2,1-3H3,(H,13,15);4H,1-3H3;1H2. The fourth-order valence-corrected chi connectivity index (χ4v) is 1.90. The van der Waals surface area contributed by atoms with E-state index in [1.54, 1.807) is 0 Å². The van der Waals surface area contributed by atoms with E-state index in [-0.39, 0.29) is 11.8 Å². The van der Waals surface area contributed by atoms with Gasteiger partial charge in [0.05, 0.1) is 0 Å². The van der Waals surface area contributed by atoms with Crippen LogP contribution in [0.5, 0.6) is 0 Å². The summed E-state index contributed by atoms with van der Waals surface area (Å²) in [7, 11) is 2.12. The van der Waals surface area contributed by atoms with E-state index in [4.69, 9.17) is 4.79 Å². The van der Waals surface area contributed by atoms with E-state index in [2.05, 4.69) is 51.9 Å². The van der Waals surface area contributed by atoms with E-state index in [1.165, 1.54) is 0 Å². The molecule has 1 amide bonds. The summed E-state index contributed by atoms with van der Waals surface area (Å²) < 4.78 is 0. The first kappa shape index (κ1) is 22.4. The molecule has 4 heteroatoms. The number of carbonyl (C=O) groups is 2. The molecule has 126 valence electrons. The van der Waals surface area contributed by atoms with Crippen molar-refractivity contribution in [3.05, 3.63) is 0 Å². The van der Waals surface area contributed by atoms with Gasteiger partial charge in [-0.1, -0.05) is 34.6 Å². The third-order valence-electron chi connectivity index (χ3n) is 3.11. The van der Waals surface area contributed by atoms with Crippen LogP contribution >= 0.6 is 0 Å². The van der Waals surface area contributed by atoms with Crippen molar-refractivity contribution in [2.24, 2.45) is 17.8 Å². The number of rotatable bonds is 4. The highest BCUT2D eigenvalue weighted by molar-refractivity contribution is 5.78. The number of hydrogen-bond acceptors (Lipinski definition) is 3. The smallest absolute Gasteiger partial charge is 0.223 e. The Morgan fingerprint density at radius 3 is 1.95 bits per heavy atom. The molecule has 1 heterocycles. The zero-order valence-corrected chi connectivity index (χ0v) is 14.9. The normalized spacial score (nSPS) is 15.8. The Hall–Kier alpha value is -0.900. The van der Waals surface area contributed by atoms with Gasteiger partial charge in [-0.3, -0.25) is 4.79 Å². The third kappa shape index (κ3) is 15.3. The molecule has 1 saturated heterocycles. The molecule has 0 spiro atoms. The van der Waals surface area contributed by atoms with Gasteiger partial charge in [0, 0.05) is 12.5 Å². The van der Waals surface area contributed by atoms with Gasteiger partial charge in [-0.2, -0.15) is 0 Å². The van der Waals surface area contributed by atoms with Crippen LogP contribution in [0, 0.1) is 17.8 Å². The molecule has 21 heavy (non-hydrogen) atoms. The lowest BCUT2D eigenvalue weighted by molar-refractivity contribution is -0.126. The van der Waals surface area contributed by atoms with Crippen molar-refractivity contribution in [3.8, 4) is 0 Å². The minimum Gasteiger partial charge on any atom is -0.356 e.